The Morgan fingerprint density at radius 3 is 2.53 bits per heavy atom. The van der Waals surface area contributed by atoms with E-state index in [2.05, 4.69) is 41.3 Å². The molecule has 226 valence electrons. The molecule has 0 radical (unpaired) electrons. The van der Waals surface area contributed by atoms with Gasteiger partial charge in [0.05, 0.1) is 6.54 Å². The van der Waals surface area contributed by atoms with E-state index in [1.807, 2.05) is 12.1 Å². The highest BCUT2D eigenvalue weighted by Gasteiger charge is 2.37. The number of benzene rings is 3. The predicted octanol–water partition coefficient (Wildman–Crippen LogP) is 8.61. The number of Topliss-reactive ketones (excluding diaryl/α,β-unsaturated/α-hetero) is 1. The average Bonchev–Trinajstić information content (AvgIpc) is 3.14. The molecule has 2 heterocycles. The Bertz CT molecular complexity index is 1440. The maximum atomic E-state index is 14.1. The summed E-state index contributed by atoms with van der Waals surface area (Å²) in [5, 5.41) is 0.439. The molecule has 43 heavy (non-hydrogen) atoms. The first-order chi connectivity index (χ1) is 20.9. The van der Waals surface area contributed by atoms with Gasteiger partial charge in [-0.25, -0.2) is 4.39 Å². The molecule has 2 fully saturated rings. The number of amides is 1. The van der Waals surface area contributed by atoms with Gasteiger partial charge < -0.3 is 9.80 Å². The van der Waals surface area contributed by atoms with E-state index in [1.54, 1.807) is 11.0 Å². The van der Waals surface area contributed by atoms with Crippen LogP contribution in [0.3, 0.4) is 0 Å². The molecule has 4 nitrogen and oxygen atoms in total. The van der Waals surface area contributed by atoms with Crippen LogP contribution in [0.2, 0.25) is 5.02 Å². The van der Waals surface area contributed by atoms with Gasteiger partial charge >= 0.3 is 0 Å². The molecule has 0 aromatic heterocycles. The van der Waals surface area contributed by atoms with Crippen LogP contribution in [0, 0.1) is 17.7 Å². The van der Waals surface area contributed by atoms with E-state index in [1.165, 1.54) is 30.5 Å². The molecule has 1 aliphatic carbocycles. The molecule has 6 heteroatoms. The smallest absolute Gasteiger partial charge is 0.227 e. The van der Waals surface area contributed by atoms with Crippen molar-refractivity contribution in [1.82, 2.24) is 4.90 Å². The number of piperidine rings is 1. The van der Waals surface area contributed by atoms with Gasteiger partial charge in [-0.05, 0) is 117 Å². The maximum absolute atomic E-state index is 14.1. The first-order valence-electron chi connectivity index (χ1n) is 16.1. The summed E-state index contributed by atoms with van der Waals surface area (Å²) in [4.78, 5) is 31.4. The predicted molar refractivity (Wildman–Crippen MR) is 171 cm³/mol. The highest BCUT2D eigenvalue weighted by molar-refractivity contribution is 6.31. The van der Waals surface area contributed by atoms with Gasteiger partial charge in [0.2, 0.25) is 5.91 Å². The van der Waals surface area contributed by atoms with Gasteiger partial charge in [-0.1, -0.05) is 66.9 Å². The minimum atomic E-state index is -0.375. The number of ketones is 1. The largest absolute Gasteiger partial charge is 0.308 e. The second kappa shape index (κ2) is 13.7. The van der Waals surface area contributed by atoms with Crippen LogP contribution in [0.5, 0.6) is 0 Å². The summed E-state index contributed by atoms with van der Waals surface area (Å²) in [6.45, 7) is 3.31. The first kappa shape index (κ1) is 30.0. The zero-order valence-electron chi connectivity index (χ0n) is 24.9. The fraction of sp³-hybridized carbons (Fsp3) is 0.459. The van der Waals surface area contributed by atoms with Crippen LogP contribution in [0.15, 0.2) is 66.7 Å². The molecular weight excluding hydrogens is 559 g/mol. The summed E-state index contributed by atoms with van der Waals surface area (Å²) < 4.78 is 14.1. The lowest BCUT2D eigenvalue weighted by Gasteiger charge is -2.32. The number of hydrogen-bond acceptors (Lipinski definition) is 3. The zero-order chi connectivity index (χ0) is 29.8. The monoisotopic (exact) mass is 600 g/mol. The van der Waals surface area contributed by atoms with Crippen molar-refractivity contribution in [2.75, 3.05) is 24.5 Å². The molecule has 2 unspecified atom stereocenters. The molecule has 1 saturated carbocycles. The number of carbonyl (C=O) groups is 2. The Balaban J connectivity index is 1.12. The Morgan fingerprint density at radius 1 is 0.930 bits per heavy atom. The van der Waals surface area contributed by atoms with Crippen molar-refractivity contribution >= 4 is 29.0 Å². The summed E-state index contributed by atoms with van der Waals surface area (Å²) in [6.07, 6.45) is 9.71. The molecule has 0 spiro atoms. The van der Waals surface area contributed by atoms with Gasteiger partial charge in [0.1, 0.15) is 5.82 Å². The van der Waals surface area contributed by atoms with Gasteiger partial charge in [-0.2, -0.15) is 0 Å². The van der Waals surface area contributed by atoms with Crippen LogP contribution in [-0.2, 0) is 17.8 Å². The number of carbonyl (C=O) groups excluding carboxylic acids is 2. The molecule has 3 aromatic rings. The number of halogens is 2. The minimum Gasteiger partial charge on any atom is -0.308 e. The summed E-state index contributed by atoms with van der Waals surface area (Å²) in [6, 6.07) is 21.0. The molecule has 3 aliphatic rings. The maximum Gasteiger partial charge on any atom is 0.227 e. The third-order valence-electron chi connectivity index (χ3n) is 9.98. The number of rotatable bonds is 9. The van der Waals surface area contributed by atoms with E-state index in [4.69, 9.17) is 11.6 Å². The molecule has 1 amide bonds. The summed E-state index contributed by atoms with van der Waals surface area (Å²) in [5.41, 5.74) is 4.59. The van der Waals surface area contributed by atoms with E-state index in [0.29, 0.717) is 40.8 Å². The fourth-order valence-corrected chi connectivity index (χ4v) is 7.75. The van der Waals surface area contributed by atoms with Crippen molar-refractivity contribution in [2.24, 2.45) is 11.8 Å². The van der Waals surface area contributed by atoms with Crippen LogP contribution in [0.1, 0.15) is 90.8 Å². The Labute approximate surface area is 260 Å². The second-order valence-electron chi connectivity index (χ2n) is 12.8. The van der Waals surface area contributed by atoms with E-state index in [9.17, 15) is 14.0 Å². The van der Waals surface area contributed by atoms with Gasteiger partial charge in [0.15, 0.2) is 5.78 Å². The van der Waals surface area contributed by atoms with Gasteiger partial charge in [-0.15, -0.1) is 0 Å². The third-order valence-corrected chi connectivity index (χ3v) is 10.3. The highest BCUT2D eigenvalue weighted by Crippen LogP contribution is 2.46. The van der Waals surface area contributed by atoms with Crippen LogP contribution >= 0.6 is 11.6 Å². The number of hydrogen-bond donors (Lipinski definition) is 0. The van der Waals surface area contributed by atoms with Gasteiger partial charge in [0, 0.05) is 29.1 Å². The van der Waals surface area contributed by atoms with Crippen molar-refractivity contribution in [3.8, 4) is 0 Å². The average molecular weight is 601 g/mol. The molecule has 0 N–H and O–H groups in total. The number of likely N-dealkylation sites (tertiary alicyclic amines) is 1. The van der Waals surface area contributed by atoms with Crippen LogP contribution < -0.4 is 4.90 Å². The van der Waals surface area contributed by atoms with Gasteiger partial charge in [0.25, 0.3) is 0 Å². The first-order valence-corrected chi connectivity index (χ1v) is 16.5. The molecule has 0 bridgehead atoms. The lowest BCUT2D eigenvalue weighted by molar-refractivity contribution is -0.119. The Kier molecular flexibility index (Phi) is 9.59. The normalized spacial score (nSPS) is 21.3. The molecular formula is C37H42ClFN2O2. The number of nitrogens with zero attached hydrogens (tertiary/aromatic N) is 2. The molecule has 6 rings (SSSR count). The van der Waals surface area contributed by atoms with Crippen LogP contribution in [0.25, 0.3) is 0 Å². The highest BCUT2D eigenvalue weighted by atomic mass is 35.5. The number of anilines is 1. The SMILES string of the molecule is O=C(CCCN1CCC(Cc2ccccc2)CC1)c1ccc2c(c1)N(Cc1cc(F)ccc1Cl)C(=O)CC1CCCCC21. The topological polar surface area (TPSA) is 40.6 Å². The molecule has 3 aromatic carbocycles. The lowest BCUT2D eigenvalue weighted by Crippen LogP contribution is -2.35. The zero-order valence-corrected chi connectivity index (χ0v) is 25.7. The van der Waals surface area contributed by atoms with Crippen molar-refractivity contribution in [2.45, 2.75) is 76.7 Å². The molecule has 1 saturated heterocycles. The Morgan fingerprint density at radius 2 is 1.72 bits per heavy atom. The molecule has 2 aliphatic heterocycles. The minimum absolute atomic E-state index is 0.0243. The number of fused-ring (bicyclic) bond motifs is 3. The quantitative estimate of drug-likeness (QED) is 0.231. The van der Waals surface area contributed by atoms with Gasteiger partial charge in [-0.3, -0.25) is 9.59 Å². The second-order valence-corrected chi connectivity index (χ2v) is 13.3. The van der Waals surface area contributed by atoms with Crippen molar-refractivity contribution in [3.63, 3.8) is 0 Å². The van der Waals surface area contributed by atoms with E-state index < -0.39 is 0 Å². The van der Waals surface area contributed by atoms with Crippen molar-refractivity contribution in [3.05, 3.63) is 99.8 Å². The summed E-state index contributed by atoms with van der Waals surface area (Å²) in [5.74, 6) is 1.09. The van der Waals surface area contributed by atoms with Crippen LogP contribution in [0.4, 0.5) is 10.1 Å². The fourth-order valence-electron chi connectivity index (χ4n) is 7.57. The van der Waals surface area contributed by atoms with E-state index >= 15 is 0 Å². The standard InChI is InChI=1S/C37H42ClFN2O2/c38-34-15-13-31(39)22-30(34)25-41-35-23-29(12-14-33(35)32-10-5-4-9-28(32)24-37(41)43)36(42)11-6-18-40-19-16-27(17-20-40)21-26-7-2-1-3-8-26/h1-3,7-8,12-15,22-23,27-28,32H,4-6,9-11,16-21,24-25H2. The molecule has 2 atom stereocenters. The van der Waals surface area contributed by atoms with E-state index in [0.717, 1.165) is 75.3 Å². The lowest BCUT2D eigenvalue weighted by atomic mass is 9.74. The van der Waals surface area contributed by atoms with Crippen LogP contribution in [-0.4, -0.2) is 36.2 Å². The third kappa shape index (κ3) is 7.21. The van der Waals surface area contributed by atoms with E-state index in [-0.39, 0.29) is 24.1 Å². The Hall–Kier alpha value is -3.02. The summed E-state index contributed by atoms with van der Waals surface area (Å²) in [7, 11) is 0. The summed E-state index contributed by atoms with van der Waals surface area (Å²) >= 11 is 6.44. The van der Waals surface area contributed by atoms with Crippen molar-refractivity contribution < 1.29 is 14.0 Å². The van der Waals surface area contributed by atoms with Crippen molar-refractivity contribution in [1.29, 1.82) is 0 Å².